The molecule has 0 spiro atoms. The van der Waals surface area contributed by atoms with Gasteiger partial charge in [-0.05, 0) is 36.5 Å². The zero-order valence-electron chi connectivity index (χ0n) is 13.2. The number of carbonyl (C=O) groups excluding carboxylic acids is 1. The largest absolute Gasteiger partial charge is 0.349 e. The van der Waals surface area contributed by atoms with Crippen LogP contribution in [0.5, 0.6) is 0 Å². The monoisotopic (exact) mass is 300 g/mol. The lowest BCUT2D eigenvalue weighted by Gasteiger charge is -2.11. The number of nitrogens with one attached hydrogen (secondary N) is 3. The number of rotatable bonds is 7. The maximum absolute atomic E-state index is 11.8. The van der Waals surface area contributed by atoms with Crippen LogP contribution in [0.15, 0.2) is 36.7 Å². The first-order valence-corrected chi connectivity index (χ1v) is 7.82. The minimum absolute atomic E-state index is 0.171. The standard InChI is InChI=1S/C17H24N4O/c1-3-13(2)14-6-8-15(9-7-14)21-17(22)20-10-4-5-16-18-11-12-19-16/h6-9,11-13H,3-5,10H2,1-2H3,(H,18,19)(H2,20,21,22)/t13-/m1/s1. The lowest BCUT2D eigenvalue weighted by atomic mass is 9.99. The van der Waals surface area contributed by atoms with Crippen LogP contribution in [0.1, 0.15) is 44.0 Å². The van der Waals surface area contributed by atoms with Crippen molar-refractivity contribution in [3.63, 3.8) is 0 Å². The number of aromatic amines is 1. The fraction of sp³-hybridized carbons (Fsp3) is 0.412. The van der Waals surface area contributed by atoms with E-state index < -0.39 is 0 Å². The summed E-state index contributed by atoms with van der Waals surface area (Å²) >= 11 is 0. The van der Waals surface area contributed by atoms with E-state index in [1.807, 2.05) is 12.1 Å². The first kappa shape index (κ1) is 16.1. The van der Waals surface area contributed by atoms with Crippen LogP contribution in [-0.2, 0) is 6.42 Å². The van der Waals surface area contributed by atoms with Crippen molar-refractivity contribution in [1.82, 2.24) is 15.3 Å². The van der Waals surface area contributed by atoms with Gasteiger partial charge in [0.25, 0.3) is 0 Å². The Morgan fingerprint density at radius 2 is 2.09 bits per heavy atom. The Hall–Kier alpha value is -2.30. The van der Waals surface area contributed by atoms with E-state index >= 15 is 0 Å². The maximum atomic E-state index is 11.8. The minimum atomic E-state index is -0.171. The maximum Gasteiger partial charge on any atom is 0.319 e. The summed E-state index contributed by atoms with van der Waals surface area (Å²) in [7, 11) is 0. The topological polar surface area (TPSA) is 69.8 Å². The molecule has 0 aliphatic rings. The quantitative estimate of drug-likeness (QED) is 0.683. The van der Waals surface area contributed by atoms with Crippen molar-refractivity contribution < 1.29 is 4.79 Å². The molecular formula is C17H24N4O. The number of imidazole rings is 1. The van der Waals surface area contributed by atoms with Gasteiger partial charge in [-0.1, -0.05) is 26.0 Å². The van der Waals surface area contributed by atoms with Crippen molar-refractivity contribution in [3.8, 4) is 0 Å². The van der Waals surface area contributed by atoms with Crippen LogP contribution in [0.25, 0.3) is 0 Å². The van der Waals surface area contributed by atoms with Crippen LogP contribution in [0, 0.1) is 0 Å². The fourth-order valence-corrected chi connectivity index (χ4v) is 2.20. The smallest absolute Gasteiger partial charge is 0.319 e. The van der Waals surface area contributed by atoms with Crippen molar-refractivity contribution in [2.75, 3.05) is 11.9 Å². The molecule has 2 aromatic rings. The summed E-state index contributed by atoms with van der Waals surface area (Å²) in [6, 6.07) is 7.87. The van der Waals surface area contributed by atoms with E-state index in [9.17, 15) is 4.79 Å². The molecular weight excluding hydrogens is 276 g/mol. The zero-order chi connectivity index (χ0) is 15.8. The van der Waals surface area contributed by atoms with Gasteiger partial charge in [-0.25, -0.2) is 9.78 Å². The molecule has 0 radical (unpaired) electrons. The van der Waals surface area contributed by atoms with Crippen LogP contribution in [0.3, 0.4) is 0 Å². The molecule has 0 bridgehead atoms. The summed E-state index contributed by atoms with van der Waals surface area (Å²) in [6.07, 6.45) is 6.34. The lowest BCUT2D eigenvalue weighted by Crippen LogP contribution is -2.29. The Kier molecular flexibility index (Phi) is 6.01. The summed E-state index contributed by atoms with van der Waals surface area (Å²) in [4.78, 5) is 19.0. The molecule has 0 fully saturated rings. The Morgan fingerprint density at radius 3 is 2.73 bits per heavy atom. The van der Waals surface area contributed by atoms with Gasteiger partial charge in [0.15, 0.2) is 0 Å². The van der Waals surface area contributed by atoms with Gasteiger partial charge in [-0.3, -0.25) is 0 Å². The van der Waals surface area contributed by atoms with Gasteiger partial charge < -0.3 is 15.6 Å². The highest BCUT2D eigenvalue weighted by Gasteiger charge is 2.04. The van der Waals surface area contributed by atoms with Gasteiger partial charge in [0, 0.05) is 31.0 Å². The molecule has 0 saturated carbocycles. The van der Waals surface area contributed by atoms with Crippen LogP contribution in [0.2, 0.25) is 0 Å². The third kappa shape index (κ3) is 4.91. The van der Waals surface area contributed by atoms with Gasteiger partial charge in [-0.15, -0.1) is 0 Å². The first-order valence-electron chi connectivity index (χ1n) is 7.82. The Morgan fingerprint density at radius 1 is 1.32 bits per heavy atom. The summed E-state index contributed by atoms with van der Waals surface area (Å²) in [5.74, 6) is 1.49. The number of aryl methyl sites for hydroxylation is 1. The molecule has 1 aromatic carbocycles. The van der Waals surface area contributed by atoms with E-state index in [4.69, 9.17) is 0 Å². The van der Waals surface area contributed by atoms with Gasteiger partial charge in [-0.2, -0.15) is 0 Å². The van der Waals surface area contributed by atoms with Crippen molar-refractivity contribution in [3.05, 3.63) is 48.0 Å². The molecule has 5 heteroatoms. The normalized spacial score (nSPS) is 11.9. The predicted molar refractivity (Wildman–Crippen MR) is 89.1 cm³/mol. The molecule has 0 aliphatic heterocycles. The van der Waals surface area contributed by atoms with E-state index in [1.165, 1.54) is 5.56 Å². The second-order valence-corrected chi connectivity index (χ2v) is 5.45. The second kappa shape index (κ2) is 8.22. The highest BCUT2D eigenvalue weighted by atomic mass is 16.2. The average molecular weight is 300 g/mol. The number of benzene rings is 1. The van der Waals surface area contributed by atoms with E-state index in [-0.39, 0.29) is 6.03 Å². The molecule has 0 saturated heterocycles. The molecule has 1 heterocycles. The molecule has 0 aliphatic carbocycles. The number of hydrogen-bond acceptors (Lipinski definition) is 2. The van der Waals surface area contributed by atoms with Gasteiger partial charge in [0.2, 0.25) is 0 Å². The SMILES string of the molecule is CC[C@@H](C)c1ccc(NC(=O)NCCCc2ncc[nH]2)cc1. The molecule has 118 valence electrons. The minimum Gasteiger partial charge on any atom is -0.349 e. The second-order valence-electron chi connectivity index (χ2n) is 5.45. The predicted octanol–water partition coefficient (Wildman–Crippen LogP) is 3.68. The number of amides is 2. The Balaban J connectivity index is 1.70. The van der Waals surface area contributed by atoms with E-state index in [0.717, 1.165) is 30.8 Å². The van der Waals surface area contributed by atoms with Gasteiger partial charge in [0.05, 0.1) is 0 Å². The number of anilines is 1. The summed E-state index contributed by atoms with van der Waals surface area (Å²) in [5, 5.41) is 5.70. The van der Waals surface area contributed by atoms with E-state index in [0.29, 0.717) is 12.5 Å². The van der Waals surface area contributed by atoms with Crippen molar-refractivity contribution in [2.45, 2.75) is 39.0 Å². The third-order valence-electron chi connectivity index (χ3n) is 3.78. The first-order chi connectivity index (χ1) is 10.7. The van der Waals surface area contributed by atoms with E-state index in [1.54, 1.807) is 12.4 Å². The van der Waals surface area contributed by atoms with Crippen LogP contribution < -0.4 is 10.6 Å². The van der Waals surface area contributed by atoms with Crippen LogP contribution >= 0.6 is 0 Å². The van der Waals surface area contributed by atoms with E-state index in [2.05, 4.69) is 46.6 Å². The Labute approximate surface area is 131 Å². The number of aromatic nitrogens is 2. The molecule has 3 N–H and O–H groups in total. The number of carbonyl (C=O) groups is 1. The average Bonchev–Trinajstić information content (AvgIpc) is 3.05. The summed E-state index contributed by atoms with van der Waals surface area (Å²) < 4.78 is 0. The molecule has 5 nitrogen and oxygen atoms in total. The third-order valence-corrected chi connectivity index (χ3v) is 3.78. The zero-order valence-corrected chi connectivity index (χ0v) is 13.2. The highest BCUT2D eigenvalue weighted by molar-refractivity contribution is 5.89. The highest BCUT2D eigenvalue weighted by Crippen LogP contribution is 2.20. The molecule has 0 unspecified atom stereocenters. The lowest BCUT2D eigenvalue weighted by molar-refractivity contribution is 0.252. The number of hydrogen-bond donors (Lipinski definition) is 3. The Bertz CT molecular complexity index is 563. The van der Waals surface area contributed by atoms with Gasteiger partial charge >= 0.3 is 6.03 Å². The van der Waals surface area contributed by atoms with Gasteiger partial charge in [0.1, 0.15) is 5.82 Å². The number of nitrogens with zero attached hydrogens (tertiary/aromatic N) is 1. The molecule has 2 rings (SSSR count). The van der Waals surface area contributed by atoms with Crippen molar-refractivity contribution in [2.24, 2.45) is 0 Å². The fourth-order valence-electron chi connectivity index (χ4n) is 2.20. The van der Waals surface area contributed by atoms with Crippen molar-refractivity contribution >= 4 is 11.7 Å². The molecule has 1 atom stereocenters. The van der Waals surface area contributed by atoms with Crippen LogP contribution in [-0.4, -0.2) is 22.5 Å². The van der Waals surface area contributed by atoms with Crippen molar-refractivity contribution in [1.29, 1.82) is 0 Å². The van der Waals surface area contributed by atoms with Crippen LogP contribution in [0.4, 0.5) is 10.5 Å². The summed E-state index contributed by atoms with van der Waals surface area (Å²) in [6.45, 7) is 5.00. The number of urea groups is 1. The number of H-pyrrole nitrogens is 1. The molecule has 2 amide bonds. The molecule has 1 aromatic heterocycles. The summed E-state index contributed by atoms with van der Waals surface area (Å²) in [5.41, 5.74) is 2.11. The molecule has 22 heavy (non-hydrogen) atoms.